The predicted octanol–water partition coefficient (Wildman–Crippen LogP) is 7.62. The van der Waals surface area contributed by atoms with Crippen molar-refractivity contribution in [3.8, 4) is 10.4 Å². The van der Waals surface area contributed by atoms with Crippen LogP contribution in [0.2, 0.25) is 0 Å². The number of thiophene rings is 2. The lowest BCUT2D eigenvalue weighted by molar-refractivity contribution is 1.51. The maximum atomic E-state index is 3.81. The van der Waals surface area contributed by atoms with Crippen LogP contribution >= 0.6 is 54.5 Å². The summed E-state index contributed by atoms with van der Waals surface area (Å²) in [5.74, 6) is 0. The number of fused-ring (bicyclic) bond motifs is 2. The Bertz CT molecular complexity index is 979. The minimum atomic E-state index is 1.20. The van der Waals surface area contributed by atoms with Crippen LogP contribution in [-0.4, -0.2) is 0 Å². The topological polar surface area (TPSA) is 0 Å². The van der Waals surface area contributed by atoms with E-state index in [2.05, 4.69) is 81.2 Å². The van der Waals surface area contributed by atoms with E-state index in [1.165, 1.54) is 44.4 Å². The minimum absolute atomic E-state index is 1.20. The third-order valence-corrected chi connectivity index (χ3v) is 7.68. The van der Waals surface area contributed by atoms with Crippen LogP contribution in [0.5, 0.6) is 0 Å². The molecule has 4 rings (SSSR count). The fourth-order valence-corrected chi connectivity index (χ4v) is 6.69. The molecule has 21 heavy (non-hydrogen) atoms. The van der Waals surface area contributed by atoms with Gasteiger partial charge in [0.15, 0.2) is 0 Å². The van der Waals surface area contributed by atoms with Crippen molar-refractivity contribution in [2.24, 2.45) is 0 Å². The molecule has 0 amide bonds. The molecule has 0 spiro atoms. The van der Waals surface area contributed by atoms with Gasteiger partial charge in [0.25, 0.3) is 0 Å². The third kappa shape index (κ3) is 2.20. The molecule has 0 bridgehead atoms. The molecule has 0 nitrogen and oxygen atoms in total. The molecule has 2 heterocycles. The van der Waals surface area contributed by atoms with Gasteiger partial charge in [0.05, 0.1) is 8.66 Å². The molecule has 2 aromatic heterocycles. The average molecular weight is 438 g/mol. The molecule has 0 saturated heterocycles. The summed E-state index contributed by atoms with van der Waals surface area (Å²) in [4.78, 5) is 1.31. The molecule has 104 valence electrons. The minimum Gasteiger partial charge on any atom is -0.134 e. The fraction of sp³-hybridized carbons (Fsp3) is 0.0588. The highest BCUT2D eigenvalue weighted by atomic mass is 79.9. The molecule has 0 aliphatic carbocycles. The molecule has 4 heteroatoms. The van der Waals surface area contributed by atoms with E-state index in [1.54, 1.807) is 11.3 Å². The van der Waals surface area contributed by atoms with Crippen molar-refractivity contribution in [1.29, 1.82) is 0 Å². The molecule has 0 aliphatic heterocycles. The van der Waals surface area contributed by atoms with Gasteiger partial charge in [-0.25, -0.2) is 0 Å². The highest BCUT2D eigenvalue weighted by Crippen LogP contribution is 2.50. The maximum absolute atomic E-state index is 3.81. The van der Waals surface area contributed by atoms with Crippen LogP contribution in [0.15, 0.2) is 50.7 Å². The largest absolute Gasteiger partial charge is 0.134 e. The van der Waals surface area contributed by atoms with Crippen LogP contribution in [-0.2, 0) is 0 Å². The molecule has 0 radical (unpaired) electrons. The number of halogens is 2. The summed E-state index contributed by atoms with van der Waals surface area (Å²) >= 11 is 11.2. The van der Waals surface area contributed by atoms with Crippen molar-refractivity contribution >= 4 is 74.7 Å². The first kappa shape index (κ1) is 13.9. The Labute approximate surface area is 147 Å². The van der Waals surface area contributed by atoms with E-state index in [0.717, 1.165) is 0 Å². The van der Waals surface area contributed by atoms with Crippen molar-refractivity contribution in [3.05, 3.63) is 56.3 Å². The Morgan fingerprint density at radius 3 is 2.43 bits per heavy atom. The summed E-state index contributed by atoms with van der Waals surface area (Å²) in [6.07, 6.45) is 0. The lowest BCUT2D eigenvalue weighted by atomic mass is 10.1. The van der Waals surface area contributed by atoms with Crippen molar-refractivity contribution in [2.45, 2.75) is 6.92 Å². The average Bonchev–Trinajstić information content (AvgIpc) is 2.96. The quantitative estimate of drug-likeness (QED) is 0.287. The van der Waals surface area contributed by atoms with Crippen LogP contribution in [0.4, 0.5) is 0 Å². The smallest absolute Gasteiger partial charge is 0.0797 e. The number of rotatable bonds is 1. The van der Waals surface area contributed by atoms with Crippen molar-refractivity contribution in [1.82, 2.24) is 0 Å². The number of hydrogen-bond acceptors (Lipinski definition) is 2. The number of hydrogen-bond donors (Lipinski definition) is 0. The van der Waals surface area contributed by atoms with E-state index in [9.17, 15) is 0 Å². The molecule has 0 unspecified atom stereocenters. The van der Waals surface area contributed by atoms with Crippen LogP contribution < -0.4 is 0 Å². The summed E-state index contributed by atoms with van der Waals surface area (Å²) in [5, 5.41) is 2.62. The molecular weight excluding hydrogens is 428 g/mol. The van der Waals surface area contributed by atoms with Gasteiger partial charge in [0, 0.05) is 30.2 Å². The molecule has 0 saturated carbocycles. The number of benzene rings is 2. The maximum Gasteiger partial charge on any atom is 0.0797 e. The summed E-state index contributed by atoms with van der Waals surface area (Å²) in [6.45, 7) is 2.15. The normalized spacial score (nSPS) is 11.6. The highest BCUT2D eigenvalue weighted by Gasteiger charge is 2.18. The molecule has 2 aromatic carbocycles. The van der Waals surface area contributed by atoms with Crippen LogP contribution in [0.25, 0.3) is 30.6 Å². The van der Waals surface area contributed by atoms with Gasteiger partial charge in [-0.2, -0.15) is 0 Å². The molecular formula is C17H10Br2S2. The Kier molecular flexibility index (Phi) is 3.45. The second-order valence-corrected chi connectivity index (χ2v) is 9.21. The van der Waals surface area contributed by atoms with Gasteiger partial charge < -0.3 is 0 Å². The summed E-state index contributed by atoms with van der Waals surface area (Å²) in [7, 11) is 0. The Morgan fingerprint density at radius 2 is 1.62 bits per heavy atom. The van der Waals surface area contributed by atoms with Gasteiger partial charge in [0.1, 0.15) is 0 Å². The monoisotopic (exact) mass is 436 g/mol. The van der Waals surface area contributed by atoms with E-state index >= 15 is 0 Å². The van der Waals surface area contributed by atoms with Gasteiger partial charge >= 0.3 is 0 Å². The molecule has 0 atom stereocenters. The van der Waals surface area contributed by atoms with Crippen molar-refractivity contribution < 1.29 is 0 Å². The van der Waals surface area contributed by atoms with E-state index in [1.807, 2.05) is 11.3 Å². The van der Waals surface area contributed by atoms with Gasteiger partial charge in [-0.15, -0.1) is 22.7 Å². The van der Waals surface area contributed by atoms with E-state index in [-0.39, 0.29) is 0 Å². The van der Waals surface area contributed by atoms with E-state index < -0.39 is 0 Å². The van der Waals surface area contributed by atoms with Crippen LogP contribution in [0, 0.1) is 6.92 Å². The SMILES string of the molecule is Cc1ccc2sc(Br)c(-c3sc4ccccc4c3Br)c2c1. The standard InChI is InChI=1S/C17H10Br2S2/c1-9-6-7-13-11(8-9)14(17(19)21-13)16-15(18)10-4-2-3-5-12(10)20-16/h2-8H,1H3. The zero-order valence-electron chi connectivity index (χ0n) is 11.1. The van der Waals surface area contributed by atoms with Crippen molar-refractivity contribution in [3.63, 3.8) is 0 Å². The first-order valence-corrected chi connectivity index (χ1v) is 9.73. The lowest BCUT2D eigenvalue weighted by Gasteiger charge is -2.00. The number of aryl methyl sites for hydroxylation is 1. The highest BCUT2D eigenvalue weighted by molar-refractivity contribution is 9.11. The van der Waals surface area contributed by atoms with Gasteiger partial charge in [-0.1, -0.05) is 29.8 Å². The summed E-state index contributed by atoms with van der Waals surface area (Å²) in [6, 6.07) is 15.2. The first-order chi connectivity index (χ1) is 10.1. The van der Waals surface area contributed by atoms with Crippen molar-refractivity contribution in [2.75, 3.05) is 0 Å². The Balaban J connectivity index is 2.11. The lowest BCUT2D eigenvalue weighted by Crippen LogP contribution is -1.75. The Morgan fingerprint density at radius 1 is 0.857 bits per heavy atom. The van der Waals surface area contributed by atoms with Crippen LogP contribution in [0.1, 0.15) is 5.56 Å². The molecule has 0 N–H and O–H groups in total. The van der Waals surface area contributed by atoms with E-state index in [0.29, 0.717) is 0 Å². The summed E-state index contributed by atoms with van der Waals surface area (Å²) < 4.78 is 5.05. The van der Waals surface area contributed by atoms with Gasteiger partial charge in [-0.05, 0) is 57.0 Å². The third-order valence-electron chi connectivity index (χ3n) is 3.56. The predicted molar refractivity (Wildman–Crippen MR) is 103 cm³/mol. The van der Waals surface area contributed by atoms with Gasteiger partial charge in [0.2, 0.25) is 0 Å². The first-order valence-electron chi connectivity index (χ1n) is 6.51. The van der Waals surface area contributed by atoms with E-state index in [4.69, 9.17) is 0 Å². The Hall–Kier alpha value is -0.680. The molecule has 4 aromatic rings. The van der Waals surface area contributed by atoms with Gasteiger partial charge in [-0.3, -0.25) is 0 Å². The van der Waals surface area contributed by atoms with Crippen LogP contribution in [0.3, 0.4) is 0 Å². The second kappa shape index (κ2) is 5.20. The zero-order chi connectivity index (χ0) is 14.6. The molecule has 0 fully saturated rings. The summed E-state index contributed by atoms with van der Waals surface area (Å²) in [5.41, 5.74) is 2.61. The molecule has 0 aliphatic rings. The fourth-order valence-electron chi connectivity index (χ4n) is 2.57. The second-order valence-electron chi connectivity index (χ2n) is 4.99. The zero-order valence-corrected chi connectivity index (χ0v) is 15.9.